The molecule has 0 saturated carbocycles. The number of anilines is 1. The van der Waals surface area contributed by atoms with Crippen LogP contribution in [-0.4, -0.2) is 52.6 Å². The highest BCUT2D eigenvalue weighted by molar-refractivity contribution is 8.01. The molecule has 7 nitrogen and oxygen atoms in total. The fraction of sp³-hybridized carbons (Fsp3) is 0.303. The standard InChI is InChI=1S/C33H33Cl2N5O2S2/c34-27-9-8-21(14-28(27)35)18-40-12-10-25(11-13-40)37-31(41)20-44-33-39-30(19-43-33)23-6-3-7-26(15-23)38-32(42)29-16-22-4-1-2-5-24(22)17-36-29/h1-9,14-15,19,25,29,36H,10-13,16-18,20H2,(H,37,41)(H,38,42)/t29-/m0/s1. The number of aromatic nitrogens is 1. The van der Waals surface area contributed by atoms with Crippen molar-refractivity contribution < 1.29 is 9.59 Å². The van der Waals surface area contributed by atoms with Gasteiger partial charge in [0.25, 0.3) is 0 Å². The highest BCUT2D eigenvalue weighted by Gasteiger charge is 2.24. The van der Waals surface area contributed by atoms with Gasteiger partial charge in [0.2, 0.25) is 11.8 Å². The molecule has 3 aromatic carbocycles. The number of thiazole rings is 1. The van der Waals surface area contributed by atoms with Gasteiger partial charge < -0.3 is 16.0 Å². The molecule has 1 fully saturated rings. The van der Waals surface area contributed by atoms with Crippen molar-refractivity contribution in [3.8, 4) is 11.3 Å². The summed E-state index contributed by atoms with van der Waals surface area (Å²) in [6, 6.07) is 21.6. The number of benzene rings is 3. The topological polar surface area (TPSA) is 86.4 Å². The van der Waals surface area contributed by atoms with Gasteiger partial charge in [-0.2, -0.15) is 0 Å². The Bertz CT molecular complexity index is 1640. The van der Waals surface area contributed by atoms with Crippen LogP contribution in [0.3, 0.4) is 0 Å². The third kappa shape index (κ3) is 8.02. The molecule has 0 spiro atoms. The third-order valence-electron chi connectivity index (χ3n) is 7.98. The number of hydrogen-bond acceptors (Lipinski definition) is 7. The summed E-state index contributed by atoms with van der Waals surface area (Å²) in [5, 5.41) is 12.7. The monoisotopic (exact) mass is 665 g/mol. The van der Waals surface area contributed by atoms with Crippen molar-refractivity contribution in [2.45, 2.75) is 48.8 Å². The SMILES string of the molecule is O=C(CSc1nc(-c2cccc(NC(=O)[C@@H]3Cc4ccccc4CN3)c2)cs1)NC1CCN(Cc2ccc(Cl)c(Cl)c2)CC1. The molecule has 0 radical (unpaired) electrons. The molecule has 44 heavy (non-hydrogen) atoms. The summed E-state index contributed by atoms with van der Waals surface area (Å²) < 4.78 is 0.839. The first-order valence-corrected chi connectivity index (χ1v) is 17.3. The van der Waals surface area contributed by atoms with Crippen LogP contribution in [0, 0.1) is 0 Å². The average Bonchev–Trinajstić information content (AvgIpc) is 3.52. The summed E-state index contributed by atoms with van der Waals surface area (Å²) in [6.07, 6.45) is 2.49. The summed E-state index contributed by atoms with van der Waals surface area (Å²) >= 11 is 15.2. The van der Waals surface area contributed by atoms with E-state index in [1.807, 2.05) is 60.0 Å². The van der Waals surface area contributed by atoms with E-state index in [4.69, 9.17) is 28.2 Å². The van der Waals surface area contributed by atoms with E-state index in [0.717, 1.165) is 59.3 Å². The van der Waals surface area contributed by atoms with Crippen LogP contribution in [-0.2, 0) is 29.1 Å². The van der Waals surface area contributed by atoms with Crippen molar-refractivity contribution in [3.05, 3.63) is 98.8 Å². The molecule has 11 heteroatoms. The molecule has 2 aliphatic heterocycles. The zero-order valence-electron chi connectivity index (χ0n) is 24.0. The average molecular weight is 667 g/mol. The number of piperidine rings is 1. The van der Waals surface area contributed by atoms with Crippen LogP contribution in [0.5, 0.6) is 0 Å². The molecule has 0 aliphatic carbocycles. The van der Waals surface area contributed by atoms with Crippen LogP contribution >= 0.6 is 46.3 Å². The second-order valence-corrected chi connectivity index (χ2v) is 14.0. The van der Waals surface area contributed by atoms with Crippen molar-refractivity contribution in [1.29, 1.82) is 0 Å². The molecular formula is C33H33Cl2N5O2S2. The number of nitrogens with one attached hydrogen (secondary N) is 3. The van der Waals surface area contributed by atoms with Crippen molar-refractivity contribution in [1.82, 2.24) is 20.5 Å². The van der Waals surface area contributed by atoms with Crippen LogP contribution in [0.2, 0.25) is 10.0 Å². The fourth-order valence-electron chi connectivity index (χ4n) is 5.61. The Balaban J connectivity index is 0.950. The predicted molar refractivity (Wildman–Crippen MR) is 181 cm³/mol. The molecule has 1 saturated heterocycles. The van der Waals surface area contributed by atoms with Gasteiger partial charge in [0, 0.05) is 48.9 Å². The number of hydrogen-bond donors (Lipinski definition) is 3. The Morgan fingerprint density at radius 3 is 2.64 bits per heavy atom. The fourth-order valence-corrected chi connectivity index (χ4v) is 7.58. The summed E-state index contributed by atoms with van der Waals surface area (Å²) in [7, 11) is 0. The Morgan fingerprint density at radius 1 is 1.00 bits per heavy atom. The molecule has 4 aromatic rings. The number of rotatable bonds is 9. The van der Waals surface area contributed by atoms with E-state index < -0.39 is 0 Å². The van der Waals surface area contributed by atoms with Gasteiger partial charge in [-0.1, -0.05) is 77.4 Å². The van der Waals surface area contributed by atoms with Crippen molar-refractivity contribution in [2.24, 2.45) is 0 Å². The normalized spacial score (nSPS) is 17.2. The molecule has 1 aromatic heterocycles. The van der Waals surface area contributed by atoms with Crippen LogP contribution < -0.4 is 16.0 Å². The maximum absolute atomic E-state index is 13.0. The lowest BCUT2D eigenvalue weighted by molar-refractivity contribution is -0.120. The Labute approximate surface area is 275 Å². The lowest BCUT2D eigenvalue weighted by Crippen LogP contribution is -2.44. The van der Waals surface area contributed by atoms with Gasteiger partial charge in [-0.05, 0) is 60.2 Å². The van der Waals surface area contributed by atoms with E-state index in [1.54, 1.807) is 0 Å². The van der Waals surface area contributed by atoms with E-state index in [0.29, 0.717) is 28.8 Å². The Morgan fingerprint density at radius 2 is 1.82 bits per heavy atom. The third-order valence-corrected chi connectivity index (χ3v) is 10.7. The first kappa shape index (κ1) is 31.1. The van der Waals surface area contributed by atoms with Crippen LogP contribution in [0.25, 0.3) is 11.3 Å². The molecule has 228 valence electrons. The lowest BCUT2D eigenvalue weighted by atomic mass is 9.95. The van der Waals surface area contributed by atoms with E-state index in [9.17, 15) is 9.59 Å². The van der Waals surface area contributed by atoms with E-state index in [-0.39, 0.29) is 23.9 Å². The van der Waals surface area contributed by atoms with E-state index in [1.165, 1.54) is 34.2 Å². The van der Waals surface area contributed by atoms with Gasteiger partial charge >= 0.3 is 0 Å². The largest absolute Gasteiger partial charge is 0.353 e. The van der Waals surface area contributed by atoms with Crippen molar-refractivity contribution in [2.75, 3.05) is 24.2 Å². The number of carbonyl (C=O) groups excluding carboxylic acids is 2. The number of carbonyl (C=O) groups is 2. The zero-order valence-corrected chi connectivity index (χ0v) is 27.2. The minimum Gasteiger partial charge on any atom is -0.353 e. The quantitative estimate of drug-likeness (QED) is 0.174. The molecule has 3 heterocycles. The van der Waals surface area contributed by atoms with Crippen molar-refractivity contribution in [3.63, 3.8) is 0 Å². The molecular weight excluding hydrogens is 633 g/mol. The summed E-state index contributed by atoms with van der Waals surface area (Å²) in [5.41, 5.74) is 6.07. The van der Waals surface area contributed by atoms with Gasteiger partial charge in [-0.15, -0.1) is 11.3 Å². The van der Waals surface area contributed by atoms with Gasteiger partial charge in [0.05, 0.1) is 27.5 Å². The molecule has 0 unspecified atom stereocenters. The van der Waals surface area contributed by atoms with E-state index >= 15 is 0 Å². The first-order chi connectivity index (χ1) is 21.4. The first-order valence-electron chi connectivity index (χ1n) is 14.6. The maximum Gasteiger partial charge on any atom is 0.241 e. The molecule has 0 bridgehead atoms. The highest BCUT2D eigenvalue weighted by atomic mass is 35.5. The number of likely N-dealkylation sites (tertiary alicyclic amines) is 1. The second-order valence-electron chi connectivity index (χ2n) is 11.1. The molecule has 2 aliphatic rings. The van der Waals surface area contributed by atoms with Gasteiger partial charge in [0.1, 0.15) is 0 Å². The Hall–Kier alpha value is -2.92. The van der Waals surface area contributed by atoms with Crippen LogP contribution in [0.15, 0.2) is 76.4 Å². The van der Waals surface area contributed by atoms with Crippen molar-refractivity contribution >= 4 is 63.8 Å². The predicted octanol–water partition coefficient (Wildman–Crippen LogP) is 6.64. The number of thioether (sulfide) groups is 1. The molecule has 6 rings (SSSR count). The lowest BCUT2D eigenvalue weighted by Gasteiger charge is -2.32. The number of amides is 2. The smallest absolute Gasteiger partial charge is 0.241 e. The molecule has 2 amide bonds. The van der Waals surface area contributed by atoms with Gasteiger partial charge in [-0.25, -0.2) is 4.98 Å². The number of fused-ring (bicyclic) bond motifs is 1. The summed E-state index contributed by atoms with van der Waals surface area (Å²) in [4.78, 5) is 32.8. The summed E-state index contributed by atoms with van der Waals surface area (Å²) in [5.74, 6) is 0.303. The highest BCUT2D eigenvalue weighted by Crippen LogP contribution is 2.30. The van der Waals surface area contributed by atoms with Gasteiger partial charge in [-0.3, -0.25) is 14.5 Å². The maximum atomic E-state index is 13.0. The molecule has 1 atom stereocenters. The van der Waals surface area contributed by atoms with Crippen LogP contribution in [0.1, 0.15) is 29.5 Å². The minimum atomic E-state index is -0.275. The Kier molecular flexibility index (Phi) is 10.2. The van der Waals surface area contributed by atoms with E-state index in [2.05, 4.69) is 33.0 Å². The second kappa shape index (κ2) is 14.5. The summed E-state index contributed by atoms with van der Waals surface area (Å²) in [6.45, 7) is 3.34. The zero-order chi connectivity index (χ0) is 30.5. The van der Waals surface area contributed by atoms with Gasteiger partial charge in [0.15, 0.2) is 4.34 Å². The minimum absolute atomic E-state index is 0.0262. The molecule has 3 N–H and O–H groups in total. The number of nitrogens with zero attached hydrogens (tertiary/aromatic N) is 2. The van der Waals surface area contributed by atoms with Crippen LogP contribution in [0.4, 0.5) is 5.69 Å². The number of halogens is 2.